The molecule has 0 spiro atoms. The topological polar surface area (TPSA) is 55.4 Å². The summed E-state index contributed by atoms with van der Waals surface area (Å²) in [5.74, 6) is 0.501. The minimum Gasteiger partial charge on any atom is -0.493 e. The predicted molar refractivity (Wildman–Crippen MR) is 121 cm³/mol. The highest BCUT2D eigenvalue weighted by Gasteiger charge is 2.16. The summed E-state index contributed by atoms with van der Waals surface area (Å²) in [5, 5.41) is 4.66. The van der Waals surface area contributed by atoms with Crippen molar-refractivity contribution >= 4 is 22.5 Å². The average Bonchev–Trinajstić information content (AvgIpc) is 2.79. The van der Waals surface area contributed by atoms with Gasteiger partial charge in [0, 0.05) is 13.0 Å². The second-order valence-corrected chi connectivity index (χ2v) is 7.12. The summed E-state index contributed by atoms with van der Waals surface area (Å²) in [7, 11) is 0. The highest BCUT2D eigenvalue weighted by molar-refractivity contribution is 6.10. The molecule has 0 radical (unpaired) electrons. The first-order valence-electron chi connectivity index (χ1n) is 10.3. The molecular weight excluding hydrogens is 374 g/mol. The summed E-state index contributed by atoms with van der Waals surface area (Å²) in [6.07, 6.45) is 4.02. The molecule has 0 aliphatic rings. The van der Waals surface area contributed by atoms with E-state index >= 15 is 0 Å². The molecule has 0 unspecified atom stereocenters. The quantitative estimate of drug-likeness (QED) is 0.276. The molecule has 0 atom stereocenters. The molecule has 0 heterocycles. The monoisotopic (exact) mass is 401 g/mol. The average molecular weight is 402 g/mol. The molecule has 0 bridgehead atoms. The second kappa shape index (κ2) is 11.0. The second-order valence-electron chi connectivity index (χ2n) is 7.12. The number of nitrogens with one attached hydrogen (secondary N) is 1. The van der Waals surface area contributed by atoms with Crippen LogP contribution in [0.5, 0.6) is 5.75 Å². The molecule has 154 valence electrons. The Hall–Kier alpha value is -3.40. The van der Waals surface area contributed by atoms with Gasteiger partial charge in [0.25, 0.3) is 0 Å². The molecule has 0 saturated carbocycles. The van der Waals surface area contributed by atoms with Crippen LogP contribution in [0.4, 0.5) is 0 Å². The van der Waals surface area contributed by atoms with Gasteiger partial charge in [0.15, 0.2) is 5.78 Å². The van der Waals surface area contributed by atoms with E-state index in [0.29, 0.717) is 37.3 Å². The lowest BCUT2D eigenvalue weighted by Gasteiger charge is -2.14. The molecule has 3 rings (SSSR count). The smallest absolute Gasteiger partial charge is 0.243 e. The highest BCUT2D eigenvalue weighted by atomic mass is 16.5. The van der Waals surface area contributed by atoms with Gasteiger partial charge in [0.2, 0.25) is 5.91 Å². The first kappa shape index (κ1) is 21.3. The van der Waals surface area contributed by atoms with Crippen LogP contribution in [0.25, 0.3) is 10.8 Å². The van der Waals surface area contributed by atoms with E-state index in [-0.39, 0.29) is 11.7 Å². The van der Waals surface area contributed by atoms with Crippen LogP contribution in [-0.2, 0) is 11.2 Å². The van der Waals surface area contributed by atoms with Gasteiger partial charge >= 0.3 is 0 Å². The Morgan fingerprint density at radius 3 is 2.50 bits per heavy atom. The summed E-state index contributed by atoms with van der Waals surface area (Å²) in [4.78, 5) is 24.4. The van der Waals surface area contributed by atoms with E-state index in [9.17, 15) is 9.59 Å². The van der Waals surface area contributed by atoms with Crippen molar-refractivity contribution in [2.24, 2.45) is 0 Å². The van der Waals surface area contributed by atoms with Crippen molar-refractivity contribution in [3.8, 4) is 5.75 Å². The molecule has 1 N–H and O–H groups in total. The van der Waals surface area contributed by atoms with Crippen molar-refractivity contribution < 1.29 is 14.3 Å². The number of aryl methyl sites for hydroxylation is 1. The fourth-order valence-electron chi connectivity index (χ4n) is 3.42. The number of rotatable bonds is 11. The maximum Gasteiger partial charge on any atom is 0.243 e. The van der Waals surface area contributed by atoms with Gasteiger partial charge in [0.1, 0.15) is 5.75 Å². The summed E-state index contributed by atoms with van der Waals surface area (Å²) in [6, 6.07) is 21.9. The van der Waals surface area contributed by atoms with Crippen molar-refractivity contribution in [3.63, 3.8) is 0 Å². The predicted octanol–water partition coefficient (Wildman–Crippen LogP) is 5.12. The van der Waals surface area contributed by atoms with Crippen LogP contribution in [0.1, 0.15) is 35.2 Å². The lowest BCUT2D eigenvalue weighted by atomic mass is 9.96. The SMILES string of the molecule is C=CC(=O)NCCCOc1ccc2ccccc2c1C(=O)CCCc1ccccc1. The van der Waals surface area contributed by atoms with Gasteiger partial charge in [-0.3, -0.25) is 9.59 Å². The number of ketones is 1. The lowest BCUT2D eigenvalue weighted by molar-refractivity contribution is -0.116. The number of hydrogen-bond acceptors (Lipinski definition) is 3. The Bertz CT molecular complexity index is 1010. The van der Waals surface area contributed by atoms with Crippen LogP contribution in [0.3, 0.4) is 0 Å². The molecule has 0 fully saturated rings. The molecule has 3 aromatic carbocycles. The maximum atomic E-state index is 13.1. The standard InChI is InChI=1S/C26H27NO3/c1-2-25(29)27-18-9-19-30-24-17-16-21-13-6-7-14-22(21)26(24)23(28)15-8-12-20-10-4-3-5-11-20/h2-7,10-11,13-14,16-17H,1,8-9,12,15,18-19H2,(H,27,29). The van der Waals surface area contributed by atoms with Crippen LogP contribution in [0.2, 0.25) is 0 Å². The number of carbonyl (C=O) groups is 2. The fourth-order valence-corrected chi connectivity index (χ4v) is 3.42. The molecule has 4 nitrogen and oxygen atoms in total. The molecular formula is C26H27NO3. The van der Waals surface area contributed by atoms with Crippen LogP contribution in [-0.4, -0.2) is 24.8 Å². The zero-order valence-electron chi connectivity index (χ0n) is 17.1. The number of benzene rings is 3. The summed E-state index contributed by atoms with van der Waals surface area (Å²) >= 11 is 0. The molecule has 0 aliphatic heterocycles. The van der Waals surface area contributed by atoms with E-state index in [0.717, 1.165) is 23.6 Å². The van der Waals surface area contributed by atoms with E-state index in [2.05, 4.69) is 24.0 Å². The maximum absolute atomic E-state index is 13.1. The Labute approximate surface area is 177 Å². The molecule has 3 aromatic rings. The van der Waals surface area contributed by atoms with Crippen LogP contribution >= 0.6 is 0 Å². The van der Waals surface area contributed by atoms with Crippen LogP contribution in [0, 0.1) is 0 Å². The number of Topliss-reactive ketones (excluding diaryl/α,β-unsaturated/α-hetero) is 1. The van der Waals surface area contributed by atoms with Gasteiger partial charge < -0.3 is 10.1 Å². The Kier molecular flexibility index (Phi) is 7.78. The van der Waals surface area contributed by atoms with E-state index < -0.39 is 0 Å². The molecule has 30 heavy (non-hydrogen) atoms. The lowest BCUT2D eigenvalue weighted by Crippen LogP contribution is -2.23. The minimum atomic E-state index is -0.199. The first-order chi connectivity index (χ1) is 14.7. The van der Waals surface area contributed by atoms with Gasteiger partial charge in [0.05, 0.1) is 12.2 Å². The van der Waals surface area contributed by atoms with Gasteiger partial charge in [-0.15, -0.1) is 0 Å². The number of fused-ring (bicyclic) bond motifs is 1. The number of hydrogen-bond donors (Lipinski definition) is 1. The molecule has 0 aliphatic carbocycles. The van der Waals surface area contributed by atoms with Gasteiger partial charge in [-0.1, -0.05) is 67.2 Å². The third kappa shape index (κ3) is 5.80. The number of carbonyl (C=O) groups excluding carboxylic acids is 2. The fraction of sp³-hybridized carbons (Fsp3) is 0.231. The van der Waals surface area contributed by atoms with Gasteiger partial charge in [-0.05, 0) is 47.7 Å². The van der Waals surface area contributed by atoms with E-state index in [1.807, 2.05) is 54.6 Å². The van der Waals surface area contributed by atoms with Crippen LogP contribution < -0.4 is 10.1 Å². The zero-order valence-corrected chi connectivity index (χ0v) is 17.1. The van der Waals surface area contributed by atoms with E-state index in [1.54, 1.807) is 0 Å². The third-order valence-electron chi connectivity index (χ3n) is 4.95. The van der Waals surface area contributed by atoms with Crippen molar-refractivity contribution in [3.05, 3.63) is 90.5 Å². The van der Waals surface area contributed by atoms with Gasteiger partial charge in [-0.2, -0.15) is 0 Å². The van der Waals surface area contributed by atoms with Crippen molar-refractivity contribution in [2.75, 3.05) is 13.2 Å². The third-order valence-corrected chi connectivity index (χ3v) is 4.95. The molecule has 1 amide bonds. The minimum absolute atomic E-state index is 0.0951. The summed E-state index contributed by atoms with van der Waals surface area (Å²) in [5.41, 5.74) is 1.89. The zero-order chi connectivity index (χ0) is 21.2. The normalized spacial score (nSPS) is 10.5. The Morgan fingerprint density at radius 2 is 1.70 bits per heavy atom. The van der Waals surface area contributed by atoms with Crippen molar-refractivity contribution in [1.29, 1.82) is 0 Å². The number of amides is 1. The molecule has 0 saturated heterocycles. The largest absolute Gasteiger partial charge is 0.493 e. The summed E-state index contributed by atoms with van der Waals surface area (Å²) < 4.78 is 5.95. The highest BCUT2D eigenvalue weighted by Crippen LogP contribution is 2.30. The Morgan fingerprint density at radius 1 is 0.933 bits per heavy atom. The molecule has 0 aromatic heterocycles. The van der Waals surface area contributed by atoms with Gasteiger partial charge in [-0.25, -0.2) is 0 Å². The van der Waals surface area contributed by atoms with E-state index in [4.69, 9.17) is 4.74 Å². The van der Waals surface area contributed by atoms with Crippen molar-refractivity contribution in [1.82, 2.24) is 5.32 Å². The summed E-state index contributed by atoms with van der Waals surface area (Å²) in [6.45, 7) is 4.35. The first-order valence-corrected chi connectivity index (χ1v) is 10.3. The van der Waals surface area contributed by atoms with Crippen LogP contribution in [0.15, 0.2) is 79.4 Å². The van der Waals surface area contributed by atoms with Crippen molar-refractivity contribution in [2.45, 2.75) is 25.7 Å². The van der Waals surface area contributed by atoms with E-state index in [1.165, 1.54) is 11.6 Å². The number of ether oxygens (including phenoxy) is 1. The Balaban J connectivity index is 1.68. The molecule has 4 heteroatoms.